The van der Waals surface area contributed by atoms with Crippen molar-refractivity contribution in [3.63, 3.8) is 0 Å². The lowest BCUT2D eigenvalue weighted by atomic mass is 10.2. The summed E-state index contributed by atoms with van der Waals surface area (Å²) >= 11 is 12.4. The highest BCUT2D eigenvalue weighted by atomic mass is 35.5. The summed E-state index contributed by atoms with van der Waals surface area (Å²) in [6.45, 7) is 2.57. The van der Waals surface area contributed by atoms with Gasteiger partial charge in [-0.15, -0.1) is 0 Å². The molecule has 0 fully saturated rings. The smallest absolute Gasteiger partial charge is 0.292 e. The molecule has 8 heteroatoms. The van der Waals surface area contributed by atoms with E-state index in [9.17, 15) is 4.79 Å². The molecule has 0 unspecified atom stereocenters. The normalized spacial score (nSPS) is 10.8. The van der Waals surface area contributed by atoms with Gasteiger partial charge in [-0.2, -0.15) is 5.10 Å². The van der Waals surface area contributed by atoms with E-state index in [2.05, 4.69) is 10.4 Å². The van der Waals surface area contributed by atoms with Crippen molar-refractivity contribution in [1.29, 1.82) is 0 Å². The summed E-state index contributed by atoms with van der Waals surface area (Å²) in [5, 5.41) is 8.28. The number of furan rings is 1. The lowest BCUT2D eigenvalue weighted by Gasteiger charge is -2.09. The summed E-state index contributed by atoms with van der Waals surface area (Å²) in [6.07, 6.45) is 1.77. The van der Waals surface area contributed by atoms with Crippen LogP contribution in [-0.2, 0) is 13.2 Å². The fraction of sp³-hybridized carbons (Fsp3) is 0.130. The van der Waals surface area contributed by atoms with Crippen molar-refractivity contribution < 1.29 is 13.9 Å². The van der Waals surface area contributed by atoms with Crippen LogP contribution in [0.5, 0.6) is 5.75 Å². The van der Waals surface area contributed by atoms with Crippen LogP contribution in [0.15, 0.2) is 71.3 Å². The Balaban J connectivity index is 1.36. The molecule has 31 heavy (non-hydrogen) atoms. The van der Waals surface area contributed by atoms with Crippen LogP contribution >= 0.6 is 23.2 Å². The zero-order chi connectivity index (χ0) is 21.8. The van der Waals surface area contributed by atoms with Crippen LogP contribution in [0, 0.1) is 6.92 Å². The SMILES string of the molecule is Cc1cccc(Cl)c1OCc1ccc(C(=O)Nc2ccn(Cc3ccccc3Cl)n2)o1. The summed E-state index contributed by atoms with van der Waals surface area (Å²) in [4.78, 5) is 12.5. The molecule has 158 valence electrons. The van der Waals surface area contributed by atoms with E-state index in [1.165, 1.54) is 0 Å². The van der Waals surface area contributed by atoms with Crippen LogP contribution in [-0.4, -0.2) is 15.7 Å². The molecule has 6 nitrogen and oxygen atoms in total. The Morgan fingerprint density at radius 1 is 1.06 bits per heavy atom. The molecular formula is C23H19Cl2N3O3. The first-order chi connectivity index (χ1) is 15.0. The molecule has 2 heterocycles. The molecule has 4 rings (SSSR count). The Hall–Kier alpha value is -3.22. The number of anilines is 1. The third-order valence-corrected chi connectivity index (χ3v) is 5.25. The molecule has 0 radical (unpaired) electrons. The Bertz CT molecular complexity index is 1200. The molecule has 0 spiro atoms. The minimum Gasteiger partial charge on any atom is -0.484 e. The van der Waals surface area contributed by atoms with Gasteiger partial charge < -0.3 is 14.5 Å². The van der Waals surface area contributed by atoms with Gasteiger partial charge in [-0.3, -0.25) is 9.48 Å². The molecule has 0 bridgehead atoms. The number of halogens is 2. The predicted octanol–water partition coefficient (Wildman–Crippen LogP) is 5.97. The molecule has 0 aliphatic carbocycles. The quantitative estimate of drug-likeness (QED) is 0.372. The van der Waals surface area contributed by atoms with Gasteiger partial charge in [-0.05, 0) is 42.3 Å². The van der Waals surface area contributed by atoms with Gasteiger partial charge in [-0.25, -0.2) is 0 Å². The van der Waals surface area contributed by atoms with Crippen LogP contribution in [0.4, 0.5) is 5.82 Å². The Morgan fingerprint density at radius 2 is 1.87 bits per heavy atom. The van der Waals surface area contributed by atoms with Gasteiger partial charge in [0.1, 0.15) is 18.1 Å². The van der Waals surface area contributed by atoms with Crippen LogP contribution in [0.1, 0.15) is 27.4 Å². The number of para-hydroxylation sites is 1. The number of nitrogens with zero attached hydrogens (tertiary/aromatic N) is 2. The van der Waals surface area contributed by atoms with E-state index in [0.29, 0.717) is 33.9 Å². The molecule has 4 aromatic rings. The first kappa shape index (κ1) is 21.0. The summed E-state index contributed by atoms with van der Waals surface area (Å²) in [7, 11) is 0. The number of hydrogen-bond donors (Lipinski definition) is 1. The third kappa shape index (κ3) is 5.10. The Labute approximate surface area is 189 Å². The van der Waals surface area contributed by atoms with E-state index < -0.39 is 5.91 Å². The number of hydrogen-bond acceptors (Lipinski definition) is 4. The van der Waals surface area contributed by atoms with E-state index in [1.54, 1.807) is 35.1 Å². The number of amides is 1. The highest BCUT2D eigenvalue weighted by Gasteiger charge is 2.14. The number of rotatable bonds is 7. The fourth-order valence-corrected chi connectivity index (χ4v) is 3.49. The minimum absolute atomic E-state index is 0.157. The molecule has 0 saturated carbocycles. The molecule has 0 aliphatic heterocycles. The van der Waals surface area contributed by atoms with Crippen LogP contribution < -0.4 is 10.1 Å². The van der Waals surface area contributed by atoms with Gasteiger partial charge in [0.05, 0.1) is 11.6 Å². The number of nitrogens with one attached hydrogen (secondary N) is 1. The summed E-state index contributed by atoms with van der Waals surface area (Å²) in [5.74, 6) is 1.28. The lowest BCUT2D eigenvalue weighted by molar-refractivity contribution is 0.0992. The highest BCUT2D eigenvalue weighted by molar-refractivity contribution is 6.32. The second-order valence-corrected chi connectivity index (χ2v) is 7.70. The van der Waals surface area contributed by atoms with Gasteiger partial charge in [-0.1, -0.05) is 53.5 Å². The van der Waals surface area contributed by atoms with Crippen molar-refractivity contribution in [3.8, 4) is 5.75 Å². The molecule has 1 N–H and O–H groups in total. The summed E-state index contributed by atoms with van der Waals surface area (Å²) < 4.78 is 13.1. The van der Waals surface area contributed by atoms with Crippen LogP contribution in [0.3, 0.4) is 0 Å². The molecular weight excluding hydrogens is 437 g/mol. The van der Waals surface area contributed by atoms with Crippen molar-refractivity contribution in [2.45, 2.75) is 20.1 Å². The molecule has 1 amide bonds. The summed E-state index contributed by atoms with van der Waals surface area (Å²) in [6, 6.07) is 18.1. The largest absolute Gasteiger partial charge is 0.484 e. The van der Waals surface area contributed by atoms with Gasteiger partial charge in [0.25, 0.3) is 5.91 Å². The molecule has 0 saturated heterocycles. The lowest BCUT2D eigenvalue weighted by Crippen LogP contribution is -2.12. The molecule has 0 atom stereocenters. The average Bonchev–Trinajstić information content (AvgIpc) is 3.39. The molecule has 0 aliphatic rings. The number of aromatic nitrogens is 2. The van der Waals surface area contributed by atoms with Crippen LogP contribution in [0.25, 0.3) is 0 Å². The van der Waals surface area contributed by atoms with Crippen molar-refractivity contribution in [1.82, 2.24) is 9.78 Å². The zero-order valence-corrected chi connectivity index (χ0v) is 18.2. The zero-order valence-electron chi connectivity index (χ0n) is 16.6. The first-order valence-corrected chi connectivity index (χ1v) is 10.3. The number of benzene rings is 2. The van der Waals surface area contributed by atoms with Crippen molar-refractivity contribution in [2.24, 2.45) is 0 Å². The third-order valence-electron chi connectivity index (χ3n) is 4.58. The fourth-order valence-electron chi connectivity index (χ4n) is 3.02. The maximum Gasteiger partial charge on any atom is 0.292 e. The maximum absolute atomic E-state index is 12.5. The van der Waals surface area contributed by atoms with Gasteiger partial charge in [0, 0.05) is 17.3 Å². The van der Waals surface area contributed by atoms with Crippen LogP contribution in [0.2, 0.25) is 10.0 Å². The highest BCUT2D eigenvalue weighted by Crippen LogP contribution is 2.29. The van der Waals surface area contributed by atoms with Crippen molar-refractivity contribution in [2.75, 3.05) is 5.32 Å². The average molecular weight is 456 g/mol. The Morgan fingerprint density at radius 3 is 2.68 bits per heavy atom. The topological polar surface area (TPSA) is 69.3 Å². The second-order valence-electron chi connectivity index (χ2n) is 6.88. The predicted molar refractivity (Wildman–Crippen MR) is 120 cm³/mol. The second kappa shape index (κ2) is 9.29. The maximum atomic E-state index is 12.5. The van der Waals surface area contributed by atoms with Crippen molar-refractivity contribution >= 4 is 34.9 Å². The van der Waals surface area contributed by atoms with Gasteiger partial charge in [0.2, 0.25) is 0 Å². The summed E-state index contributed by atoms with van der Waals surface area (Å²) in [5.41, 5.74) is 1.86. The molecule has 2 aromatic heterocycles. The Kier molecular flexibility index (Phi) is 6.30. The van der Waals surface area contributed by atoms with E-state index in [0.717, 1.165) is 11.1 Å². The first-order valence-electron chi connectivity index (χ1n) is 9.54. The minimum atomic E-state index is -0.400. The monoisotopic (exact) mass is 455 g/mol. The van der Waals surface area contributed by atoms with E-state index in [4.69, 9.17) is 32.4 Å². The number of carbonyl (C=O) groups is 1. The van der Waals surface area contributed by atoms with Gasteiger partial charge >= 0.3 is 0 Å². The number of aryl methyl sites for hydroxylation is 1. The number of ether oxygens (including phenoxy) is 1. The van der Waals surface area contributed by atoms with E-state index >= 15 is 0 Å². The van der Waals surface area contributed by atoms with E-state index in [-0.39, 0.29) is 12.4 Å². The number of carbonyl (C=O) groups excluding carboxylic acids is 1. The molecule has 2 aromatic carbocycles. The van der Waals surface area contributed by atoms with E-state index in [1.807, 2.05) is 43.3 Å². The van der Waals surface area contributed by atoms with Crippen molar-refractivity contribution in [3.05, 3.63) is 99.6 Å². The standard InChI is InChI=1S/C23H19Cl2N3O3/c1-15-5-4-8-19(25)22(15)30-14-17-9-10-20(31-17)23(29)26-21-11-12-28(27-21)13-16-6-2-3-7-18(16)24/h2-12H,13-14H2,1H3,(H,26,27,29). The van der Waals surface area contributed by atoms with Gasteiger partial charge in [0.15, 0.2) is 11.6 Å².